The van der Waals surface area contributed by atoms with Crippen LogP contribution in [0.1, 0.15) is 33.0 Å². The van der Waals surface area contributed by atoms with Crippen LogP contribution in [0.15, 0.2) is 24.3 Å². The highest BCUT2D eigenvalue weighted by molar-refractivity contribution is 6.06. The molecule has 0 bridgehead atoms. The molecule has 3 heterocycles. The van der Waals surface area contributed by atoms with Crippen molar-refractivity contribution in [1.82, 2.24) is 14.5 Å². The van der Waals surface area contributed by atoms with E-state index in [9.17, 15) is 0 Å². The minimum absolute atomic E-state index is 0.0450. The molecule has 0 atom stereocenters. The second-order valence-corrected chi connectivity index (χ2v) is 8.13. The first kappa shape index (κ1) is 17.2. The first-order chi connectivity index (χ1) is 12.3. The van der Waals surface area contributed by atoms with E-state index >= 15 is 0 Å². The van der Waals surface area contributed by atoms with Gasteiger partial charge < -0.3 is 19.8 Å². The molecular weight excluding hydrogens is 328 g/mol. The standard InChI is InChI=1S/C20H26N4O2/c1-13-22-16-17(14-7-5-6-8-15(14)23-18(16)21)24(13)12-19(2,3)11-20(4)25-9-10-26-20/h5-8H,9-12H2,1-4H3,(H2,21,23). The smallest absolute Gasteiger partial charge is 0.166 e. The molecule has 1 aromatic carbocycles. The first-order valence-electron chi connectivity index (χ1n) is 9.07. The lowest BCUT2D eigenvalue weighted by atomic mass is 9.85. The maximum absolute atomic E-state index is 6.19. The van der Waals surface area contributed by atoms with Gasteiger partial charge in [0.15, 0.2) is 11.6 Å². The second-order valence-electron chi connectivity index (χ2n) is 8.13. The molecule has 0 unspecified atom stereocenters. The molecule has 0 spiro atoms. The Hall–Kier alpha value is -2.18. The third kappa shape index (κ3) is 2.93. The Balaban J connectivity index is 1.80. The Morgan fingerprint density at radius 1 is 1.19 bits per heavy atom. The zero-order valence-electron chi connectivity index (χ0n) is 15.9. The second kappa shape index (κ2) is 5.93. The van der Waals surface area contributed by atoms with E-state index in [1.807, 2.05) is 32.0 Å². The number of rotatable bonds is 4. The number of nitrogen functional groups attached to an aromatic ring is 1. The zero-order valence-corrected chi connectivity index (χ0v) is 15.9. The van der Waals surface area contributed by atoms with Gasteiger partial charge in [0.2, 0.25) is 0 Å². The van der Waals surface area contributed by atoms with Crippen LogP contribution in [0.4, 0.5) is 5.82 Å². The molecule has 2 aromatic heterocycles. The van der Waals surface area contributed by atoms with Crippen LogP contribution in [0.2, 0.25) is 0 Å². The predicted octanol–water partition coefficient (Wildman–Crippen LogP) is 3.65. The largest absolute Gasteiger partial charge is 0.382 e. The van der Waals surface area contributed by atoms with E-state index < -0.39 is 5.79 Å². The van der Waals surface area contributed by atoms with Gasteiger partial charge >= 0.3 is 0 Å². The number of anilines is 1. The van der Waals surface area contributed by atoms with Crippen molar-refractivity contribution >= 4 is 27.8 Å². The van der Waals surface area contributed by atoms with Crippen molar-refractivity contribution in [2.24, 2.45) is 5.41 Å². The molecule has 1 aliphatic rings. The molecular formula is C20H26N4O2. The van der Waals surface area contributed by atoms with Crippen LogP contribution in [0, 0.1) is 12.3 Å². The molecule has 0 aliphatic carbocycles. The van der Waals surface area contributed by atoms with Gasteiger partial charge in [-0.3, -0.25) is 0 Å². The fraction of sp³-hybridized carbons (Fsp3) is 0.500. The number of hydrogen-bond acceptors (Lipinski definition) is 5. The maximum atomic E-state index is 6.19. The number of aromatic nitrogens is 3. The molecule has 3 aromatic rings. The average Bonchev–Trinajstić information content (AvgIpc) is 3.12. The normalized spacial score (nSPS) is 17.4. The number of pyridine rings is 1. The Kier molecular flexibility index (Phi) is 3.93. The van der Waals surface area contributed by atoms with Gasteiger partial charge in [-0.2, -0.15) is 0 Å². The van der Waals surface area contributed by atoms with E-state index in [-0.39, 0.29) is 5.41 Å². The van der Waals surface area contributed by atoms with E-state index in [2.05, 4.69) is 29.5 Å². The number of nitrogens with two attached hydrogens (primary N) is 1. The summed E-state index contributed by atoms with van der Waals surface area (Å²) < 4.78 is 13.9. The van der Waals surface area contributed by atoms with Crippen LogP contribution in [0.3, 0.4) is 0 Å². The fourth-order valence-corrected chi connectivity index (χ4v) is 4.18. The number of imidazole rings is 1. The Bertz CT molecular complexity index is 971. The zero-order chi connectivity index (χ0) is 18.5. The summed E-state index contributed by atoms with van der Waals surface area (Å²) in [5.41, 5.74) is 8.87. The van der Waals surface area contributed by atoms with Crippen molar-refractivity contribution in [3.05, 3.63) is 30.1 Å². The van der Waals surface area contributed by atoms with Crippen molar-refractivity contribution in [2.45, 2.75) is 46.4 Å². The molecule has 1 saturated heterocycles. The van der Waals surface area contributed by atoms with E-state index in [0.717, 1.165) is 40.7 Å². The third-order valence-corrected chi connectivity index (χ3v) is 5.09. The van der Waals surface area contributed by atoms with Gasteiger partial charge in [-0.1, -0.05) is 32.0 Å². The maximum Gasteiger partial charge on any atom is 0.166 e. The first-order valence-corrected chi connectivity index (χ1v) is 9.07. The van der Waals surface area contributed by atoms with Crippen LogP contribution in [-0.2, 0) is 16.0 Å². The number of nitrogens with zero attached hydrogens (tertiary/aromatic N) is 3. The SMILES string of the molecule is Cc1nc2c(N)nc3ccccc3c2n1CC(C)(C)CC1(C)OCCO1. The molecule has 2 N–H and O–H groups in total. The summed E-state index contributed by atoms with van der Waals surface area (Å²) in [4.78, 5) is 9.22. The lowest BCUT2D eigenvalue weighted by molar-refractivity contribution is -0.164. The highest BCUT2D eigenvalue weighted by Crippen LogP contribution is 2.37. The van der Waals surface area contributed by atoms with Crippen molar-refractivity contribution in [3.63, 3.8) is 0 Å². The molecule has 26 heavy (non-hydrogen) atoms. The van der Waals surface area contributed by atoms with Gasteiger partial charge in [0.05, 0.1) is 24.2 Å². The molecule has 6 nitrogen and oxygen atoms in total. The van der Waals surface area contributed by atoms with Crippen LogP contribution < -0.4 is 5.73 Å². The molecule has 1 fully saturated rings. The summed E-state index contributed by atoms with van der Waals surface area (Å²) in [6, 6.07) is 8.08. The molecule has 0 amide bonds. The number of hydrogen-bond donors (Lipinski definition) is 1. The van der Waals surface area contributed by atoms with Gasteiger partial charge in [-0.05, 0) is 25.3 Å². The lowest BCUT2D eigenvalue weighted by Crippen LogP contribution is -2.35. The van der Waals surface area contributed by atoms with Crippen molar-refractivity contribution in [2.75, 3.05) is 18.9 Å². The number of benzene rings is 1. The highest BCUT2D eigenvalue weighted by Gasteiger charge is 2.38. The third-order valence-electron chi connectivity index (χ3n) is 5.09. The van der Waals surface area contributed by atoms with E-state index in [1.54, 1.807) is 0 Å². The summed E-state index contributed by atoms with van der Waals surface area (Å²) in [5.74, 6) is 0.903. The molecule has 1 aliphatic heterocycles. The van der Waals surface area contributed by atoms with Crippen LogP contribution >= 0.6 is 0 Å². The topological polar surface area (TPSA) is 75.2 Å². The monoisotopic (exact) mass is 354 g/mol. The number of para-hydroxylation sites is 1. The van der Waals surface area contributed by atoms with E-state index in [0.29, 0.717) is 19.0 Å². The summed E-state index contributed by atoms with van der Waals surface area (Å²) in [5, 5.41) is 1.08. The minimum Gasteiger partial charge on any atom is -0.382 e. The van der Waals surface area contributed by atoms with Gasteiger partial charge in [0, 0.05) is 18.4 Å². The summed E-state index contributed by atoms with van der Waals surface area (Å²) in [6.45, 7) is 10.6. The van der Waals surface area contributed by atoms with Gasteiger partial charge in [0.1, 0.15) is 11.3 Å². The van der Waals surface area contributed by atoms with Crippen LogP contribution in [-0.4, -0.2) is 33.5 Å². The van der Waals surface area contributed by atoms with E-state index in [4.69, 9.17) is 20.2 Å². The van der Waals surface area contributed by atoms with Gasteiger partial charge in [-0.15, -0.1) is 0 Å². The Labute approximate surface area is 153 Å². The quantitative estimate of drug-likeness (QED) is 0.774. The lowest BCUT2D eigenvalue weighted by Gasteiger charge is -2.34. The van der Waals surface area contributed by atoms with Gasteiger partial charge in [-0.25, -0.2) is 9.97 Å². The highest BCUT2D eigenvalue weighted by atomic mass is 16.7. The molecule has 0 radical (unpaired) electrons. The van der Waals surface area contributed by atoms with Crippen molar-refractivity contribution in [3.8, 4) is 0 Å². The fourth-order valence-electron chi connectivity index (χ4n) is 4.18. The van der Waals surface area contributed by atoms with Gasteiger partial charge in [0.25, 0.3) is 0 Å². The molecule has 138 valence electrons. The minimum atomic E-state index is -0.517. The number of ether oxygens (including phenoxy) is 2. The number of aryl methyl sites for hydroxylation is 1. The average molecular weight is 354 g/mol. The summed E-state index contributed by atoms with van der Waals surface area (Å²) >= 11 is 0. The predicted molar refractivity (Wildman–Crippen MR) is 103 cm³/mol. The van der Waals surface area contributed by atoms with Crippen LogP contribution in [0.25, 0.3) is 21.9 Å². The van der Waals surface area contributed by atoms with Crippen molar-refractivity contribution in [1.29, 1.82) is 0 Å². The molecule has 0 saturated carbocycles. The molecule has 4 rings (SSSR count). The summed E-state index contributed by atoms with van der Waals surface area (Å²) in [6.07, 6.45) is 0.803. The van der Waals surface area contributed by atoms with Crippen LogP contribution in [0.5, 0.6) is 0 Å². The van der Waals surface area contributed by atoms with Crippen molar-refractivity contribution < 1.29 is 9.47 Å². The molecule has 6 heteroatoms. The Morgan fingerprint density at radius 2 is 1.88 bits per heavy atom. The van der Waals surface area contributed by atoms with E-state index in [1.165, 1.54) is 0 Å². The Morgan fingerprint density at radius 3 is 2.62 bits per heavy atom. The summed E-state index contributed by atoms with van der Waals surface area (Å²) in [7, 11) is 0. The number of fused-ring (bicyclic) bond motifs is 3.